The highest BCUT2D eigenvalue weighted by atomic mass is 35.5. The molecule has 1 N–H and O–H groups in total. The molecule has 8 heteroatoms. The fraction of sp³-hybridized carbons (Fsp3) is 0.529. The van der Waals surface area contributed by atoms with E-state index in [1.54, 1.807) is 17.0 Å². The number of hydrogen-bond acceptors (Lipinski definition) is 5. The van der Waals surface area contributed by atoms with Gasteiger partial charge in [-0.2, -0.15) is 0 Å². The van der Waals surface area contributed by atoms with Crippen molar-refractivity contribution >= 4 is 29.3 Å². The van der Waals surface area contributed by atoms with E-state index in [0.29, 0.717) is 42.5 Å². The Morgan fingerprint density at radius 2 is 1.92 bits per heavy atom. The van der Waals surface area contributed by atoms with Gasteiger partial charge in [-0.1, -0.05) is 11.6 Å². The van der Waals surface area contributed by atoms with Gasteiger partial charge in [0.15, 0.2) is 6.73 Å². The molecule has 1 aromatic rings. The standard InChI is InChI=1S/C17H22ClN3O4/c1-17(2,3)25-16(23)21-6-4-20(5-7-21)13-9-14-11(8-12(13)18)15(22)19-10-24-14/h8-9H,4-7,10H2,1-3H3,(H,19,22). The third-order valence-corrected chi connectivity index (χ3v) is 4.33. The van der Waals surface area contributed by atoms with Gasteiger partial charge < -0.3 is 24.6 Å². The quantitative estimate of drug-likeness (QED) is 0.825. The molecule has 25 heavy (non-hydrogen) atoms. The third kappa shape index (κ3) is 3.92. The van der Waals surface area contributed by atoms with Crippen LogP contribution in [0.3, 0.4) is 0 Å². The number of nitrogens with one attached hydrogen (secondary N) is 1. The number of piperazine rings is 1. The minimum atomic E-state index is -0.506. The predicted octanol–water partition coefficient (Wildman–Crippen LogP) is 2.48. The summed E-state index contributed by atoms with van der Waals surface area (Å²) < 4.78 is 10.9. The molecule has 0 radical (unpaired) electrons. The van der Waals surface area contributed by atoms with Crippen molar-refractivity contribution in [3.05, 3.63) is 22.7 Å². The van der Waals surface area contributed by atoms with E-state index in [0.717, 1.165) is 5.69 Å². The molecular weight excluding hydrogens is 346 g/mol. The Labute approximate surface area is 151 Å². The summed E-state index contributed by atoms with van der Waals surface area (Å²) in [6, 6.07) is 3.42. The van der Waals surface area contributed by atoms with Crippen molar-refractivity contribution in [1.29, 1.82) is 0 Å². The van der Waals surface area contributed by atoms with Crippen LogP contribution in [-0.4, -0.2) is 55.4 Å². The zero-order valence-corrected chi connectivity index (χ0v) is 15.4. The van der Waals surface area contributed by atoms with E-state index >= 15 is 0 Å². The maximum Gasteiger partial charge on any atom is 0.410 e. The van der Waals surface area contributed by atoms with Crippen LogP contribution in [0.2, 0.25) is 5.02 Å². The number of rotatable bonds is 1. The smallest absolute Gasteiger partial charge is 0.410 e. The van der Waals surface area contributed by atoms with E-state index in [1.165, 1.54) is 0 Å². The monoisotopic (exact) mass is 367 g/mol. The molecular formula is C17H22ClN3O4. The number of amides is 2. The van der Waals surface area contributed by atoms with Gasteiger partial charge in [0, 0.05) is 32.2 Å². The minimum Gasteiger partial charge on any atom is -0.472 e. The van der Waals surface area contributed by atoms with Crippen molar-refractivity contribution < 1.29 is 19.1 Å². The predicted molar refractivity (Wildman–Crippen MR) is 94.4 cm³/mol. The molecule has 0 unspecified atom stereocenters. The van der Waals surface area contributed by atoms with E-state index in [4.69, 9.17) is 21.1 Å². The average molecular weight is 368 g/mol. The summed E-state index contributed by atoms with van der Waals surface area (Å²) in [7, 11) is 0. The van der Waals surface area contributed by atoms with Crippen molar-refractivity contribution in [2.75, 3.05) is 37.8 Å². The number of anilines is 1. The van der Waals surface area contributed by atoms with Crippen molar-refractivity contribution in [3.63, 3.8) is 0 Å². The van der Waals surface area contributed by atoms with Crippen LogP contribution in [0.1, 0.15) is 31.1 Å². The number of halogens is 1. The molecule has 0 aliphatic carbocycles. The second kappa shape index (κ2) is 6.63. The highest BCUT2D eigenvalue weighted by Crippen LogP contribution is 2.35. The fourth-order valence-electron chi connectivity index (χ4n) is 2.81. The molecule has 2 heterocycles. The van der Waals surface area contributed by atoms with E-state index in [2.05, 4.69) is 10.2 Å². The second-order valence-corrected chi connectivity index (χ2v) is 7.46. The summed E-state index contributed by atoms with van der Waals surface area (Å²) in [5, 5.41) is 3.10. The second-order valence-electron chi connectivity index (χ2n) is 7.05. The van der Waals surface area contributed by atoms with Gasteiger partial charge >= 0.3 is 6.09 Å². The van der Waals surface area contributed by atoms with Crippen molar-refractivity contribution in [3.8, 4) is 5.75 Å². The maximum atomic E-state index is 12.1. The minimum absolute atomic E-state index is 0.152. The van der Waals surface area contributed by atoms with Gasteiger partial charge in [0.05, 0.1) is 16.3 Å². The van der Waals surface area contributed by atoms with Gasteiger partial charge in [-0.15, -0.1) is 0 Å². The molecule has 0 spiro atoms. The first-order chi connectivity index (χ1) is 11.7. The Morgan fingerprint density at radius 1 is 1.24 bits per heavy atom. The van der Waals surface area contributed by atoms with Crippen LogP contribution in [0.5, 0.6) is 5.75 Å². The molecule has 2 aliphatic heterocycles. The highest BCUT2D eigenvalue weighted by Gasteiger charge is 2.28. The first-order valence-electron chi connectivity index (χ1n) is 8.22. The van der Waals surface area contributed by atoms with E-state index in [1.807, 2.05) is 20.8 Å². The normalized spacial score (nSPS) is 17.5. The number of benzene rings is 1. The molecule has 2 aliphatic rings. The molecule has 1 saturated heterocycles. The van der Waals surface area contributed by atoms with Gasteiger partial charge in [0.1, 0.15) is 11.4 Å². The molecule has 7 nitrogen and oxygen atoms in total. The molecule has 0 bridgehead atoms. The Balaban J connectivity index is 1.69. The van der Waals surface area contributed by atoms with Crippen LogP contribution in [0.15, 0.2) is 12.1 Å². The molecule has 1 aromatic carbocycles. The summed E-state index contributed by atoms with van der Waals surface area (Å²) >= 11 is 6.36. The van der Waals surface area contributed by atoms with Crippen molar-refractivity contribution in [1.82, 2.24) is 10.2 Å². The van der Waals surface area contributed by atoms with E-state index < -0.39 is 5.60 Å². The summed E-state index contributed by atoms with van der Waals surface area (Å²) in [5.41, 5.74) is 0.736. The lowest BCUT2D eigenvalue weighted by Crippen LogP contribution is -2.50. The molecule has 136 valence electrons. The van der Waals surface area contributed by atoms with E-state index in [-0.39, 0.29) is 18.7 Å². The Bertz CT molecular complexity index is 694. The summed E-state index contributed by atoms with van der Waals surface area (Å²) in [6.45, 7) is 8.05. The topological polar surface area (TPSA) is 71.1 Å². The van der Waals surface area contributed by atoms with Gasteiger partial charge in [-0.25, -0.2) is 4.79 Å². The van der Waals surface area contributed by atoms with Crippen LogP contribution in [0, 0.1) is 0 Å². The van der Waals surface area contributed by atoms with Crippen LogP contribution >= 0.6 is 11.6 Å². The number of hydrogen-bond donors (Lipinski definition) is 1. The van der Waals surface area contributed by atoms with E-state index in [9.17, 15) is 9.59 Å². The Hall–Kier alpha value is -2.15. The Kier molecular flexibility index (Phi) is 4.69. The summed E-state index contributed by atoms with van der Waals surface area (Å²) in [6.07, 6.45) is -0.302. The largest absolute Gasteiger partial charge is 0.472 e. The van der Waals surface area contributed by atoms with Gasteiger partial charge in [0.25, 0.3) is 5.91 Å². The molecule has 0 saturated carbocycles. The van der Waals surface area contributed by atoms with Crippen molar-refractivity contribution in [2.24, 2.45) is 0 Å². The molecule has 3 rings (SSSR count). The SMILES string of the molecule is CC(C)(C)OC(=O)N1CCN(c2cc3c(cc2Cl)C(=O)NCO3)CC1. The van der Waals surface area contributed by atoms with Crippen LogP contribution in [0.25, 0.3) is 0 Å². The highest BCUT2D eigenvalue weighted by molar-refractivity contribution is 6.33. The number of carbonyl (C=O) groups is 2. The average Bonchev–Trinajstić information content (AvgIpc) is 2.54. The number of carbonyl (C=O) groups excluding carboxylic acids is 2. The van der Waals surface area contributed by atoms with Gasteiger partial charge in [-0.05, 0) is 26.8 Å². The number of fused-ring (bicyclic) bond motifs is 1. The van der Waals surface area contributed by atoms with Gasteiger partial charge in [0.2, 0.25) is 0 Å². The zero-order valence-electron chi connectivity index (χ0n) is 14.6. The molecule has 2 amide bonds. The van der Waals surface area contributed by atoms with Crippen molar-refractivity contribution in [2.45, 2.75) is 26.4 Å². The molecule has 0 aromatic heterocycles. The number of ether oxygens (including phenoxy) is 2. The zero-order chi connectivity index (χ0) is 18.2. The first-order valence-corrected chi connectivity index (χ1v) is 8.60. The number of nitrogens with zero attached hydrogens (tertiary/aromatic N) is 2. The molecule has 1 fully saturated rings. The third-order valence-electron chi connectivity index (χ3n) is 4.03. The Morgan fingerprint density at radius 3 is 2.56 bits per heavy atom. The fourth-order valence-corrected chi connectivity index (χ4v) is 3.10. The summed E-state index contributed by atoms with van der Waals surface area (Å²) in [5.74, 6) is 0.335. The lowest BCUT2D eigenvalue weighted by Gasteiger charge is -2.37. The first kappa shape index (κ1) is 17.7. The summed E-state index contributed by atoms with van der Waals surface area (Å²) in [4.78, 5) is 27.8. The van der Waals surface area contributed by atoms with Crippen LogP contribution in [0.4, 0.5) is 10.5 Å². The van der Waals surface area contributed by atoms with Crippen LogP contribution < -0.4 is 15.0 Å². The van der Waals surface area contributed by atoms with Gasteiger partial charge in [-0.3, -0.25) is 4.79 Å². The lowest BCUT2D eigenvalue weighted by molar-refractivity contribution is 0.0240. The lowest BCUT2D eigenvalue weighted by atomic mass is 10.1. The molecule has 0 atom stereocenters. The maximum absolute atomic E-state index is 12.1. The van der Waals surface area contributed by atoms with Crippen LogP contribution in [-0.2, 0) is 4.74 Å².